The fourth-order valence-electron chi connectivity index (χ4n) is 7.72. The van der Waals surface area contributed by atoms with Gasteiger partial charge in [0.05, 0.1) is 18.8 Å². The predicted molar refractivity (Wildman–Crippen MR) is 297 cm³/mol. The zero-order valence-electron chi connectivity index (χ0n) is 45.9. The minimum atomic E-state index is -1.86. The van der Waals surface area contributed by atoms with Crippen molar-refractivity contribution in [3.63, 3.8) is 0 Å². The van der Waals surface area contributed by atoms with Crippen molar-refractivity contribution in [2.24, 2.45) is 50.3 Å². The molecule has 25 N–H and O–H groups in total. The van der Waals surface area contributed by atoms with E-state index in [1.807, 2.05) is 0 Å². The summed E-state index contributed by atoms with van der Waals surface area (Å²) in [5.41, 5.74) is 34.0. The van der Waals surface area contributed by atoms with E-state index in [1.54, 1.807) is 13.8 Å². The Morgan fingerprint density at radius 2 is 0.901 bits per heavy atom. The average molecular weight is 1140 g/mol. The molecule has 2 rings (SSSR count). The second-order valence-corrected chi connectivity index (χ2v) is 19.5. The molecule has 0 saturated heterocycles. The van der Waals surface area contributed by atoms with Gasteiger partial charge < -0.3 is 102 Å². The van der Waals surface area contributed by atoms with Gasteiger partial charge in [-0.2, -0.15) is 0 Å². The summed E-state index contributed by atoms with van der Waals surface area (Å²) in [6.45, 7) is 5.24. The lowest BCUT2D eigenvalue weighted by Gasteiger charge is -2.28. The Morgan fingerprint density at radius 3 is 1.37 bits per heavy atom. The smallest absolute Gasteiger partial charge is 0.326 e. The van der Waals surface area contributed by atoms with Crippen LogP contribution in [0.1, 0.15) is 83.8 Å². The number of aliphatic carboxylic acids is 1. The van der Waals surface area contributed by atoms with E-state index in [0.717, 1.165) is 6.92 Å². The maximum atomic E-state index is 14.3. The number of carboxylic acid groups (broad SMARTS) is 1. The van der Waals surface area contributed by atoms with Gasteiger partial charge in [0.2, 0.25) is 47.3 Å². The number of unbranched alkanes of at least 4 members (excludes halogenated alkanes) is 1. The third-order valence-corrected chi connectivity index (χ3v) is 12.3. The van der Waals surface area contributed by atoms with Crippen molar-refractivity contribution in [2.75, 3.05) is 26.2 Å². The molecule has 8 amide bonds. The standard InChI is InChI=1S/C51H82N16O14/c1-26(2)39(66-42(73)33(53)9-7-21-58-50(54)55)47(78)61-34(11-8-22-59-51(56)57)43(74)60-27(3)41(72)63-37(24-30-14-18-32(71)19-15-30)45(76)67-40(28(4)69)48(79)64-36(23-29-12-16-31(70)17-13-29)44(75)65-38(25-68)46(77)62-35(49(80)81)10-5-6-20-52/h12-19,26-28,33-40,68-71H,5-11,20-25,52-53H2,1-4H3,(H,60,74)(H,61,78)(H,62,77)(H,63,72)(H,64,79)(H,65,75)(H,66,73)(H,67,76)(H,80,81)(H4,54,55,58)(H4,56,57,59). The summed E-state index contributed by atoms with van der Waals surface area (Å²) < 4.78 is 0. The molecule has 30 nitrogen and oxygen atoms in total. The number of carbonyl (C=O) groups excluding carboxylic acids is 8. The monoisotopic (exact) mass is 1140 g/mol. The molecule has 0 radical (unpaired) electrons. The van der Waals surface area contributed by atoms with Crippen LogP contribution in [-0.4, -0.2) is 177 Å². The molecular weight excluding hydrogens is 1060 g/mol. The number of nitrogens with one attached hydrogen (secondary N) is 8. The maximum Gasteiger partial charge on any atom is 0.326 e. The number of aromatic hydroxyl groups is 2. The van der Waals surface area contributed by atoms with E-state index in [-0.39, 0.29) is 81.6 Å². The molecule has 81 heavy (non-hydrogen) atoms. The molecule has 0 heterocycles. The normalized spacial score (nSPS) is 14.7. The molecule has 2 aromatic rings. The van der Waals surface area contributed by atoms with Gasteiger partial charge in [0.25, 0.3) is 0 Å². The number of amides is 8. The van der Waals surface area contributed by atoms with E-state index in [9.17, 15) is 68.7 Å². The molecule has 10 atom stereocenters. The van der Waals surface area contributed by atoms with Crippen LogP contribution in [0.25, 0.3) is 0 Å². The second-order valence-electron chi connectivity index (χ2n) is 19.5. The number of aliphatic hydroxyl groups is 2. The minimum absolute atomic E-state index is 0.0107. The highest BCUT2D eigenvalue weighted by atomic mass is 16.4. The number of phenols is 2. The highest BCUT2D eigenvalue weighted by Crippen LogP contribution is 2.15. The molecule has 0 aliphatic carbocycles. The number of aliphatic hydroxyl groups excluding tert-OH is 2. The summed E-state index contributed by atoms with van der Waals surface area (Å²) >= 11 is 0. The Morgan fingerprint density at radius 1 is 0.494 bits per heavy atom. The summed E-state index contributed by atoms with van der Waals surface area (Å²) in [4.78, 5) is 130. The molecule has 0 aromatic heterocycles. The summed E-state index contributed by atoms with van der Waals surface area (Å²) in [6.07, 6.45) is -0.915. The van der Waals surface area contributed by atoms with E-state index in [4.69, 9.17) is 34.4 Å². The largest absolute Gasteiger partial charge is 0.508 e. The van der Waals surface area contributed by atoms with Crippen LogP contribution in [0.4, 0.5) is 0 Å². The van der Waals surface area contributed by atoms with Crippen molar-refractivity contribution < 1.29 is 68.7 Å². The van der Waals surface area contributed by atoms with Gasteiger partial charge >= 0.3 is 5.97 Å². The molecule has 2 aromatic carbocycles. The third-order valence-electron chi connectivity index (χ3n) is 12.3. The van der Waals surface area contributed by atoms with Crippen LogP contribution < -0.4 is 76.9 Å². The molecule has 0 fully saturated rings. The number of nitrogens with zero attached hydrogens (tertiary/aromatic N) is 2. The molecule has 0 spiro atoms. The molecule has 0 aliphatic rings. The van der Waals surface area contributed by atoms with Gasteiger partial charge in [-0.05, 0) is 107 Å². The first kappa shape index (κ1) is 68.8. The topological polar surface area (TPSA) is 532 Å². The zero-order valence-corrected chi connectivity index (χ0v) is 45.9. The Kier molecular flexibility index (Phi) is 30.0. The van der Waals surface area contributed by atoms with Crippen LogP contribution in [0.2, 0.25) is 0 Å². The van der Waals surface area contributed by atoms with Crippen molar-refractivity contribution in [2.45, 2.75) is 146 Å². The van der Waals surface area contributed by atoms with E-state index < -0.39 is 126 Å². The summed E-state index contributed by atoms with van der Waals surface area (Å²) in [5.74, 6) is -10.1. The van der Waals surface area contributed by atoms with E-state index >= 15 is 0 Å². The van der Waals surface area contributed by atoms with Crippen molar-refractivity contribution in [3.05, 3.63) is 59.7 Å². The SMILES string of the molecule is CC(NC(=O)C(CCCN=C(N)N)NC(=O)C(NC(=O)C(N)CCCN=C(N)N)C(C)C)C(=O)NC(Cc1ccc(O)cc1)C(=O)NC(C(=O)NC(Cc1ccc(O)cc1)C(=O)NC(CO)C(=O)NC(CCCCN)C(=O)O)C(C)O. The van der Waals surface area contributed by atoms with Gasteiger partial charge in [-0.25, -0.2) is 4.79 Å². The van der Waals surface area contributed by atoms with Gasteiger partial charge in [-0.3, -0.25) is 48.3 Å². The van der Waals surface area contributed by atoms with Gasteiger partial charge in [-0.1, -0.05) is 38.1 Å². The Hall–Kier alpha value is -8.35. The van der Waals surface area contributed by atoms with E-state index in [1.165, 1.54) is 55.5 Å². The van der Waals surface area contributed by atoms with Gasteiger partial charge in [-0.15, -0.1) is 0 Å². The number of phenolic OH excluding ortho intramolecular Hbond substituents is 2. The van der Waals surface area contributed by atoms with Crippen LogP contribution in [0.15, 0.2) is 58.5 Å². The van der Waals surface area contributed by atoms with Crippen molar-refractivity contribution in [1.82, 2.24) is 42.5 Å². The highest BCUT2D eigenvalue weighted by molar-refractivity contribution is 5.98. The maximum absolute atomic E-state index is 14.3. The lowest BCUT2D eigenvalue weighted by molar-refractivity contribution is -0.143. The zero-order chi connectivity index (χ0) is 60.9. The fraction of sp³-hybridized carbons (Fsp3) is 0.549. The number of carboxylic acids is 1. The second kappa shape index (κ2) is 35.3. The van der Waals surface area contributed by atoms with Crippen LogP contribution in [0.3, 0.4) is 0 Å². The van der Waals surface area contributed by atoms with E-state index in [0.29, 0.717) is 30.4 Å². The van der Waals surface area contributed by atoms with Gasteiger partial charge in [0.1, 0.15) is 59.8 Å². The molecule has 0 saturated carbocycles. The number of hydrogen-bond donors (Lipinski definition) is 19. The first-order valence-corrected chi connectivity index (χ1v) is 26.2. The Labute approximate surface area is 468 Å². The van der Waals surface area contributed by atoms with Crippen molar-refractivity contribution in [1.29, 1.82) is 0 Å². The average Bonchev–Trinajstić information content (AvgIpc) is 3.40. The summed E-state index contributed by atoms with van der Waals surface area (Å²) in [6, 6.07) is -2.27. The number of nitrogens with two attached hydrogens (primary N) is 6. The Balaban J connectivity index is 2.42. The quantitative estimate of drug-likeness (QED) is 0.0172. The van der Waals surface area contributed by atoms with E-state index in [2.05, 4.69) is 52.5 Å². The number of rotatable bonds is 36. The summed E-state index contributed by atoms with van der Waals surface area (Å²) in [5, 5.41) is 70.3. The van der Waals surface area contributed by atoms with Crippen LogP contribution in [0.5, 0.6) is 11.5 Å². The fourth-order valence-corrected chi connectivity index (χ4v) is 7.72. The van der Waals surface area contributed by atoms with Crippen molar-refractivity contribution >= 4 is 65.1 Å². The highest BCUT2D eigenvalue weighted by Gasteiger charge is 2.36. The van der Waals surface area contributed by atoms with Crippen LogP contribution >= 0.6 is 0 Å². The third kappa shape index (κ3) is 25.5. The molecule has 0 bridgehead atoms. The lowest BCUT2D eigenvalue weighted by atomic mass is 10.0. The Bertz CT molecular complexity index is 2460. The molecule has 30 heteroatoms. The number of guanidine groups is 2. The molecular formula is C51H82N16O14. The minimum Gasteiger partial charge on any atom is -0.508 e. The van der Waals surface area contributed by atoms with Gasteiger partial charge in [0.15, 0.2) is 11.9 Å². The number of carbonyl (C=O) groups is 9. The molecule has 450 valence electrons. The molecule has 0 aliphatic heterocycles. The van der Waals surface area contributed by atoms with Crippen LogP contribution in [-0.2, 0) is 56.0 Å². The van der Waals surface area contributed by atoms with Gasteiger partial charge in [0, 0.05) is 25.9 Å². The van der Waals surface area contributed by atoms with Crippen LogP contribution in [0, 0.1) is 5.92 Å². The number of benzene rings is 2. The number of aliphatic imine (C=N–C) groups is 2. The summed E-state index contributed by atoms with van der Waals surface area (Å²) in [7, 11) is 0. The van der Waals surface area contributed by atoms with Crippen molar-refractivity contribution in [3.8, 4) is 11.5 Å². The lowest BCUT2D eigenvalue weighted by Crippen LogP contribution is -2.62. The predicted octanol–water partition coefficient (Wildman–Crippen LogP) is -5.54. The first-order chi connectivity index (χ1) is 38.2. The number of hydrogen-bond acceptors (Lipinski definition) is 17. The molecule has 10 unspecified atom stereocenters. The first-order valence-electron chi connectivity index (χ1n) is 26.2.